The number of ether oxygens (including phenoxy) is 2. The van der Waals surface area contributed by atoms with E-state index in [0.29, 0.717) is 18.1 Å². The van der Waals surface area contributed by atoms with E-state index in [1.165, 1.54) is 17.3 Å². The average molecular weight is 325 g/mol. The molecule has 2 aromatic rings. The molecular formula is C12H13BrN4O2. The van der Waals surface area contributed by atoms with E-state index in [2.05, 4.69) is 31.2 Å². The van der Waals surface area contributed by atoms with Crippen LogP contribution in [0.2, 0.25) is 0 Å². The lowest BCUT2D eigenvalue weighted by Gasteiger charge is -2.11. The fraction of sp³-hybridized carbons (Fsp3) is 0.250. The van der Waals surface area contributed by atoms with Crippen LogP contribution in [0, 0.1) is 0 Å². The Morgan fingerprint density at radius 2 is 2.11 bits per heavy atom. The molecular weight excluding hydrogens is 312 g/mol. The summed E-state index contributed by atoms with van der Waals surface area (Å²) >= 11 is 3.45. The van der Waals surface area contributed by atoms with E-state index in [9.17, 15) is 0 Å². The lowest BCUT2D eigenvalue weighted by atomic mass is 10.2. The molecule has 0 spiro atoms. The predicted molar refractivity (Wildman–Crippen MR) is 74.9 cm³/mol. The Kier molecular flexibility index (Phi) is 4.51. The van der Waals surface area contributed by atoms with Gasteiger partial charge in [0.1, 0.15) is 12.7 Å². The van der Waals surface area contributed by atoms with Crippen LogP contribution in [0.4, 0.5) is 0 Å². The van der Waals surface area contributed by atoms with Gasteiger partial charge in [-0.2, -0.15) is 5.10 Å². The Labute approximate surface area is 119 Å². The van der Waals surface area contributed by atoms with Gasteiger partial charge in [0.05, 0.1) is 24.4 Å². The molecule has 19 heavy (non-hydrogen) atoms. The molecule has 0 amide bonds. The molecule has 7 heteroatoms. The normalized spacial score (nSPS) is 10.9. The monoisotopic (exact) mass is 324 g/mol. The first kappa shape index (κ1) is 13.5. The summed E-state index contributed by atoms with van der Waals surface area (Å²) in [5.41, 5.74) is 0.879. The van der Waals surface area contributed by atoms with E-state index < -0.39 is 0 Å². The van der Waals surface area contributed by atoms with Crippen molar-refractivity contribution in [3.05, 3.63) is 34.8 Å². The van der Waals surface area contributed by atoms with E-state index in [1.807, 2.05) is 19.1 Å². The number of halogens is 1. The Morgan fingerprint density at radius 1 is 1.37 bits per heavy atom. The van der Waals surface area contributed by atoms with E-state index in [-0.39, 0.29) is 0 Å². The molecule has 0 aliphatic rings. The summed E-state index contributed by atoms with van der Waals surface area (Å²) in [5, 5.41) is 11.5. The van der Waals surface area contributed by atoms with E-state index >= 15 is 0 Å². The van der Waals surface area contributed by atoms with Gasteiger partial charge >= 0.3 is 0 Å². The van der Waals surface area contributed by atoms with Crippen molar-refractivity contribution in [2.45, 2.75) is 6.92 Å². The molecule has 0 saturated heterocycles. The molecule has 0 fully saturated rings. The molecule has 0 aliphatic carbocycles. The third kappa shape index (κ3) is 3.31. The number of nitrogens with zero attached hydrogens (tertiary/aromatic N) is 4. The minimum Gasteiger partial charge on any atom is -0.492 e. The molecule has 0 aliphatic heterocycles. The summed E-state index contributed by atoms with van der Waals surface area (Å²) in [6, 6.07) is 3.76. The zero-order chi connectivity index (χ0) is 13.7. The highest BCUT2D eigenvalue weighted by Crippen LogP contribution is 2.36. The molecule has 0 atom stereocenters. The highest BCUT2D eigenvalue weighted by atomic mass is 79.9. The van der Waals surface area contributed by atoms with Crippen molar-refractivity contribution in [2.75, 3.05) is 13.7 Å². The number of hydrogen-bond donors (Lipinski definition) is 0. The van der Waals surface area contributed by atoms with Gasteiger partial charge < -0.3 is 9.47 Å². The van der Waals surface area contributed by atoms with Crippen molar-refractivity contribution < 1.29 is 9.47 Å². The van der Waals surface area contributed by atoms with Crippen molar-refractivity contribution >= 4 is 22.1 Å². The van der Waals surface area contributed by atoms with Crippen LogP contribution in [-0.4, -0.2) is 34.8 Å². The van der Waals surface area contributed by atoms with E-state index in [4.69, 9.17) is 9.47 Å². The van der Waals surface area contributed by atoms with Gasteiger partial charge in [-0.25, -0.2) is 4.68 Å². The number of aromatic nitrogens is 3. The van der Waals surface area contributed by atoms with Gasteiger partial charge in [0.2, 0.25) is 0 Å². The Morgan fingerprint density at radius 3 is 2.74 bits per heavy atom. The standard InChI is InChI=1S/C12H13BrN4O2/c1-3-19-11-5-9(4-10(13)12(11)18-2)6-16-17-7-14-15-8-17/h4-8H,3H2,1-2H3/b16-6-. The van der Waals surface area contributed by atoms with Gasteiger partial charge in [-0.15, -0.1) is 10.2 Å². The van der Waals surface area contributed by atoms with Gasteiger partial charge in [-0.1, -0.05) is 0 Å². The van der Waals surface area contributed by atoms with Crippen LogP contribution in [0.1, 0.15) is 12.5 Å². The fourth-order valence-corrected chi connectivity index (χ4v) is 2.13. The summed E-state index contributed by atoms with van der Waals surface area (Å²) < 4.78 is 13.2. The maximum Gasteiger partial charge on any atom is 0.174 e. The van der Waals surface area contributed by atoms with E-state index in [0.717, 1.165) is 10.0 Å². The van der Waals surface area contributed by atoms with Crippen LogP contribution in [0.5, 0.6) is 11.5 Å². The minimum atomic E-state index is 0.564. The topological polar surface area (TPSA) is 61.5 Å². The lowest BCUT2D eigenvalue weighted by Crippen LogP contribution is -1.98. The first-order valence-corrected chi connectivity index (χ1v) is 6.43. The highest BCUT2D eigenvalue weighted by Gasteiger charge is 2.10. The molecule has 1 aromatic carbocycles. The summed E-state index contributed by atoms with van der Waals surface area (Å²) in [7, 11) is 1.60. The van der Waals surface area contributed by atoms with Crippen LogP contribution in [0.3, 0.4) is 0 Å². The Bertz CT molecular complexity index is 569. The Balaban J connectivity index is 2.31. The van der Waals surface area contributed by atoms with Crippen LogP contribution in [0.15, 0.2) is 34.4 Å². The van der Waals surface area contributed by atoms with Crippen LogP contribution >= 0.6 is 15.9 Å². The lowest BCUT2D eigenvalue weighted by molar-refractivity contribution is 0.310. The van der Waals surface area contributed by atoms with Gasteiger partial charge in [-0.05, 0) is 40.5 Å². The minimum absolute atomic E-state index is 0.564. The highest BCUT2D eigenvalue weighted by molar-refractivity contribution is 9.10. The summed E-state index contributed by atoms with van der Waals surface area (Å²) in [6.45, 7) is 2.49. The Hall–Kier alpha value is -1.89. The maximum absolute atomic E-state index is 5.54. The van der Waals surface area contributed by atoms with Gasteiger partial charge in [0, 0.05) is 0 Å². The van der Waals surface area contributed by atoms with Crippen LogP contribution < -0.4 is 9.47 Å². The van der Waals surface area contributed by atoms with Crippen molar-refractivity contribution in [1.82, 2.24) is 14.9 Å². The molecule has 0 N–H and O–H groups in total. The van der Waals surface area contributed by atoms with Gasteiger partial charge in [0.25, 0.3) is 0 Å². The quantitative estimate of drug-likeness (QED) is 0.792. The predicted octanol–water partition coefficient (Wildman–Crippen LogP) is 2.33. The van der Waals surface area contributed by atoms with Crippen LogP contribution in [0.25, 0.3) is 0 Å². The van der Waals surface area contributed by atoms with Crippen molar-refractivity contribution in [3.63, 3.8) is 0 Å². The molecule has 1 aromatic heterocycles. The summed E-state index contributed by atoms with van der Waals surface area (Å²) in [5.74, 6) is 1.34. The number of benzene rings is 1. The SMILES string of the molecule is CCOc1cc(/C=N\n2cnnc2)cc(Br)c1OC. The third-order valence-electron chi connectivity index (χ3n) is 2.28. The van der Waals surface area contributed by atoms with Crippen molar-refractivity contribution in [3.8, 4) is 11.5 Å². The second kappa shape index (κ2) is 6.33. The third-order valence-corrected chi connectivity index (χ3v) is 2.87. The first-order chi connectivity index (χ1) is 9.24. The molecule has 1 heterocycles. The zero-order valence-corrected chi connectivity index (χ0v) is 12.2. The first-order valence-electron chi connectivity index (χ1n) is 5.64. The molecule has 0 saturated carbocycles. The number of rotatable bonds is 5. The van der Waals surface area contributed by atoms with Crippen molar-refractivity contribution in [1.29, 1.82) is 0 Å². The molecule has 0 bridgehead atoms. The number of hydrogen-bond acceptors (Lipinski definition) is 5. The van der Waals surface area contributed by atoms with E-state index in [1.54, 1.807) is 13.3 Å². The van der Waals surface area contributed by atoms with Crippen LogP contribution in [-0.2, 0) is 0 Å². The molecule has 100 valence electrons. The number of methoxy groups -OCH3 is 1. The molecule has 2 rings (SSSR count). The fourth-order valence-electron chi connectivity index (χ4n) is 1.51. The largest absolute Gasteiger partial charge is 0.492 e. The average Bonchev–Trinajstić information content (AvgIpc) is 2.90. The van der Waals surface area contributed by atoms with Crippen molar-refractivity contribution in [2.24, 2.45) is 5.10 Å². The van der Waals surface area contributed by atoms with Gasteiger partial charge in [-0.3, -0.25) is 0 Å². The zero-order valence-electron chi connectivity index (χ0n) is 10.6. The van der Waals surface area contributed by atoms with Gasteiger partial charge in [0.15, 0.2) is 11.5 Å². The second-order valence-electron chi connectivity index (χ2n) is 3.55. The maximum atomic E-state index is 5.54. The molecule has 0 unspecified atom stereocenters. The second-order valence-corrected chi connectivity index (χ2v) is 4.41. The molecule has 0 radical (unpaired) electrons. The summed E-state index contributed by atoms with van der Waals surface area (Å²) in [4.78, 5) is 0. The summed E-state index contributed by atoms with van der Waals surface area (Å²) in [6.07, 6.45) is 4.72. The smallest absolute Gasteiger partial charge is 0.174 e. The molecule has 6 nitrogen and oxygen atoms in total.